The number of nitrogens with zero attached hydrogens (tertiary/aromatic N) is 3. The summed E-state index contributed by atoms with van der Waals surface area (Å²) in [6.45, 7) is 4.60. The molecule has 1 aliphatic heterocycles. The van der Waals surface area contributed by atoms with Gasteiger partial charge in [0.2, 0.25) is 16.9 Å². The fourth-order valence-corrected chi connectivity index (χ4v) is 3.89. The number of para-hydroxylation sites is 1. The first kappa shape index (κ1) is 17.5. The molecule has 7 heteroatoms. The van der Waals surface area contributed by atoms with Crippen LogP contribution in [0.1, 0.15) is 44.0 Å². The zero-order chi connectivity index (χ0) is 17.8. The Morgan fingerprint density at radius 2 is 2.00 bits per heavy atom. The molecule has 2 amide bonds. The Hall–Kier alpha value is -2.28. The molecule has 1 fully saturated rings. The quantitative estimate of drug-likeness (QED) is 0.858. The van der Waals surface area contributed by atoms with E-state index in [1.54, 1.807) is 4.90 Å². The molecule has 2 aromatic rings. The molecule has 0 spiro atoms. The highest BCUT2D eigenvalue weighted by atomic mass is 32.1. The van der Waals surface area contributed by atoms with Crippen LogP contribution in [0.2, 0.25) is 0 Å². The fourth-order valence-electron chi connectivity index (χ4n) is 3.05. The largest absolute Gasteiger partial charge is 0.312 e. The van der Waals surface area contributed by atoms with Crippen LogP contribution in [0.25, 0.3) is 0 Å². The Morgan fingerprint density at radius 1 is 1.28 bits per heavy atom. The van der Waals surface area contributed by atoms with Gasteiger partial charge in [0.15, 0.2) is 0 Å². The lowest BCUT2D eigenvalue weighted by atomic mass is 10.0. The Labute approximate surface area is 151 Å². The maximum atomic E-state index is 12.3. The molecule has 132 valence electrons. The number of carbonyl (C=O) groups excluding carboxylic acids is 2. The second kappa shape index (κ2) is 7.74. The summed E-state index contributed by atoms with van der Waals surface area (Å²) < 4.78 is 0. The molecule has 1 saturated heterocycles. The molecule has 3 rings (SSSR count). The van der Waals surface area contributed by atoms with Crippen LogP contribution >= 0.6 is 11.3 Å². The summed E-state index contributed by atoms with van der Waals surface area (Å²) in [4.78, 5) is 26.3. The number of aromatic nitrogens is 2. The van der Waals surface area contributed by atoms with E-state index < -0.39 is 0 Å². The van der Waals surface area contributed by atoms with Gasteiger partial charge >= 0.3 is 0 Å². The van der Waals surface area contributed by atoms with Crippen LogP contribution in [0.4, 0.5) is 10.8 Å². The summed E-state index contributed by atoms with van der Waals surface area (Å²) in [5.41, 5.74) is 0.904. The normalized spacial score (nSPS) is 17.3. The predicted molar refractivity (Wildman–Crippen MR) is 98.8 cm³/mol. The van der Waals surface area contributed by atoms with Crippen LogP contribution in [0.15, 0.2) is 30.3 Å². The molecule has 25 heavy (non-hydrogen) atoms. The van der Waals surface area contributed by atoms with Crippen LogP contribution in [0, 0.1) is 5.92 Å². The Bertz CT molecular complexity index is 743. The van der Waals surface area contributed by atoms with E-state index in [2.05, 4.69) is 15.5 Å². The van der Waals surface area contributed by atoms with Crippen LogP contribution in [0.3, 0.4) is 0 Å². The van der Waals surface area contributed by atoms with Gasteiger partial charge in [-0.25, -0.2) is 0 Å². The Morgan fingerprint density at radius 3 is 2.68 bits per heavy atom. The molecule has 1 N–H and O–H groups in total. The zero-order valence-corrected chi connectivity index (χ0v) is 15.3. The molecule has 0 unspecified atom stereocenters. The summed E-state index contributed by atoms with van der Waals surface area (Å²) in [6.07, 6.45) is 2.03. The number of nitrogens with one attached hydrogen (secondary N) is 1. The first-order valence-corrected chi connectivity index (χ1v) is 9.43. The zero-order valence-electron chi connectivity index (χ0n) is 14.4. The van der Waals surface area contributed by atoms with Gasteiger partial charge in [0.05, 0.1) is 0 Å². The highest BCUT2D eigenvalue weighted by Gasteiger charge is 2.34. The molecule has 6 nitrogen and oxygen atoms in total. The van der Waals surface area contributed by atoms with E-state index in [1.165, 1.54) is 11.3 Å². The fraction of sp³-hybridized carbons (Fsp3) is 0.444. The number of hydrogen-bond acceptors (Lipinski definition) is 5. The molecular weight excluding hydrogens is 336 g/mol. The molecule has 0 radical (unpaired) electrons. The van der Waals surface area contributed by atoms with Crippen molar-refractivity contribution in [2.24, 2.45) is 5.92 Å². The van der Waals surface area contributed by atoms with Crippen LogP contribution in [-0.4, -0.2) is 28.6 Å². The SMILES string of the molecule is CCC(CC)C(=O)Nc1nnc([C@@H]2CC(=O)N(c3ccccc3)C2)s1. The maximum absolute atomic E-state index is 12.3. The summed E-state index contributed by atoms with van der Waals surface area (Å²) in [6, 6.07) is 9.64. The van der Waals surface area contributed by atoms with E-state index >= 15 is 0 Å². The second-order valence-corrected chi connectivity index (χ2v) is 7.20. The minimum absolute atomic E-state index is 0.00557. The third-order valence-corrected chi connectivity index (χ3v) is 5.57. The topological polar surface area (TPSA) is 75.2 Å². The summed E-state index contributed by atoms with van der Waals surface area (Å²) in [7, 11) is 0. The van der Waals surface area contributed by atoms with E-state index in [9.17, 15) is 9.59 Å². The molecule has 0 aliphatic carbocycles. The number of benzene rings is 1. The molecule has 1 aliphatic rings. The van der Waals surface area contributed by atoms with Crippen molar-refractivity contribution < 1.29 is 9.59 Å². The monoisotopic (exact) mass is 358 g/mol. The van der Waals surface area contributed by atoms with Gasteiger partial charge in [-0.15, -0.1) is 10.2 Å². The van der Waals surface area contributed by atoms with E-state index in [-0.39, 0.29) is 23.7 Å². The average molecular weight is 358 g/mol. The molecule has 0 saturated carbocycles. The number of anilines is 2. The highest BCUT2D eigenvalue weighted by molar-refractivity contribution is 7.15. The van der Waals surface area contributed by atoms with Crippen molar-refractivity contribution in [3.8, 4) is 0 Å². The van der Waals surface area contributed by atoms with Gasteiger partial charge in [-0.2, -0.15) is 0 Å². The lowest BCUT2D eigenvalue weighted by molar-refractivity contribution is -0.120. The minimum Gasteiger partial charge on any atom is -0.312 e. The molecule has 1 aromatic carbocycles. The van der Waals surface area contributed by atoms with Gasteiger partial charge in [-0.1, -0.05) is 43.4 Å². The van der Waals surface area contributed by atoms with E-state index in [4.69, 9.17) is 0 Å². The summed E-state index contributed by atoms with van der Waals surface area (Å²) in [5.74, 6) is 0.0908. The summed E-state index contributed by atoms with van der Waals surface area (Å²) >= 11 is 1.36. The van der Waals surface area contributed by atoms with Crippen molar-refractivity contribution in [3.63, 3.8) is 0 Å². The van der Waals surface area contributed by atoms with Gasteiger partial charge in [0.1, 0.15) is 5.01 Å². The van der Waals surface area contributed by atoms with Gasteiger partial charge in [-0.3, -0.25) is 9.59 Å². The highest BCUT2D eigenvalue weighted by Crippen LogP contribution is 2.34. The van der Waals surface area contributed by atoms with Crippen molar-refractivity contribution in [3.05, 3.63) is 35.3 Å². The molecule has 0 bridgehead atoms. The van der Waals surface area contributed by atoms with Crippen LogP contribution in [-0.2, 0) is 9.59 Å². The summed E-state index contributed by atoms with van der Waals surface area (Å²) in [5, 5.41) is 12.4. The van der Waals surface area contributed by atoms with Crippen LogP contribution < -0.4 is 10.2 Å². The minimum atomic E-state index is -0.0129. The lowest BCUT2D eigenvalue weighted by Gasteiger charge is -2.15. The first-order valence-electron chi connectivity index (χ1n) is 8.62. The predicted octanol–water partition coefficient (Wildman–Crippen LogP) is 3.43. The molecule has 1 aromatic heterocycles. The van der Waals surface area contributed by atoms with Gasteiger partial charge < -0.3 is 10.2 Å². The third-order valence-electron chi connectivity index (χ3n) is 4.57. The smallest absolute Gasteiger partial charge is 0.229 e. The molecule has 1 atom stereocenters. The van der Waals surface area contributed by atoms with E-state index in [1.807, 2.05) is 44.2 Å². The van der Waals surface area contributed by atoms with E-state index in [0.29, 0.717) is 18.1 Å². The number of amides is 2. The second-order valence-electron chi connectivity index (χ2n) is 6.19. The van der Waals surface area contributed by atoms with Crippen molar-refractivity contribution in [1.82, 2.24) is 10.2 Å². The van der Waals surface area contributed by atoms with Gasteiger partial charge in [0.25, 0.3) is 0 Å². The van der Waals surface area contributed by atoms with Crippen molar-refractivity contribution in [2.75, 3.05) is 16.8 Å². The Balaban J connectivity index is 1.67. The van der Waals surface area contributed by atoms with Crippen molar-refractivity contribution >= 4 is 34.0 Å². The standard InChI is InChI=1S/C18H22N4O2S/c1-3-12(4-2)16(24)19-18-21-20-17(25-18)13-10-15(23)22(11-13)14-8-6-5-7-9-14/h5-9,12-13H,3-4,10-11H2,1-2H3,(H,19,21,24)/t13-/m1/s1. The molecular formula is C18H22N4O2S. The van der Waals surface area contributed by atoms with Crippen molar-refractivity contribution in [2.45, 2.75) is 39.0 Å². The third kappa shape index (κ3) is 3.87. The van der Waals surface area contributed by atoms with Gasteiger partial charge in [0, 0.05) is 30.5 Å². The number of rotatable bonds is 6. The number of carbonyl (C=O) groups is 2. The lowest BCUT2D eigenvalue weighted by Crippen LogP contribution is -2.24. The number of hydrogen-bond donors (Lipinski definition) is 1. The van der Waals surface area contributed by atoms with Gasteiger partial charge in [-0.05, 0) is 25.0 Å². The maximum Gasteiger partial charge on any atom is 0.229 e. The average Bonchev–Trinajstić information content (AvgIpc) is 3.23. The molecule has 2 heterocycles. The van der Waals surface area contributed by atoms with Crippen LogP contribution in [0.5, 0.6) is 0 Å². The van der Waals surface area contributed by atoms with Crippen molar-refractivity contribution in [1.29, 1.82) is 0 Å². The first-order chi connectivity index (χ1) is 12.1. The van der Waals surface area contributed by atoms with E-state index in [0.717, 1.165) is 23.5 Å². The Kier molecular flexibility index (Phi) is 5.43.